The molecule has 4 nitrogen and oxygen atoms in total. The van der Waals surface area contributed by atoms with Gasteiger partial charge in [0.25, 0.3) is 0 Å². The van der Waals surface area contributed by atoms with E-state index in [0.717, 1.165) is 47.4 Å². The topological polar surface area (TPSA) is 71.9 Å². The van der Waals surface area contributed by atoms with Crippen molar-refractivity contribution in [2.45, 2.75) is 45.6 Å². The van der Waals surface area contributed by atoms with Gasteiger partial charge in [-0.2, -0.15) is 5.26 Å². The number of rotatable bonds is 6. The number of nitrogen functional groups attached to an aromatic ring is 1. The highest BCUT2D eigenvalue weighted by molar-refractivity contribution is 5.79. The molecular weight excluding hydrogens is 370 g/mol. The van der Waals surface area contributed by atoms with Crippen LogP contribution in [-0.2, 0) is 19.4 Å². The quantitative estimate of drug-likeness (QED) is 0.580. The molecule has 0 aliphatic heterocycles. The fraction of sp³-hybridized carbons (Fsp3) is 0.308. The Morgan fingerprint density at radius 3 is 2.60 bits per heavy atom. The van der Waals surface area contributed by atoms with Gasteiger partial charge in [-0.15, -0.1) is 0 Å². The fourth-order valence-electron chi connectivity index (χ4n) is 4.40. The van der Waals surface area contributed by atoms with E-state index in [9.17, 15) is 5.26 Å². The molecule has 0 amide bonds. The minimum atomic E-state index is 0.338. The van der Waals surface area contributed by atoms with E-state index in [1.54, 1.807) is 0 Å². The zero-order valence-corrected chi connectivity index (χ0v) is 17.4. The molecule has 0 spiro atoms. The van der Waals surface area contributed by atoms with Crippen molar-refractivity contribution in [1.29, 1.82) is 5.26 Å². The molecule has 1 unspecified atom stereocenters. The molecule has 4 heteroatoms. The smallest absolute Gasteiger partial charge is 0.142 e. The van der Waals surface area contributed by atoms with Crippen molar-refractivity contribution in [2.75, 3.05) is 5.73 Å². The Morgan fingerprint density at radius 1 is 1.13 bits per heavy atom. The van der Waals surface area contributed by atoms with E-state index in [4.69, 9.17) is 10.5 Å². The molecule has 1 aliphatic rings. The monoisotopic (exact) mass is 397 g/mol. The van der Waals surface area contributed by atoms with Gasteiger partial charge in [0.1, 0.15) is 29.8 Å². The third-order valence-corrected chi connectivity index (χ3v) is 5.89. The van der Waals surface area contributed by atoms with E-state index in [0.29, 0.717) is 23.9 Å². The molecule has 0 radical (unpaired) electrons. The molecule has 1 aromatic heterocycles. The van der Waals surface area contributed by atoms with Gasteiger partial charge in [-0.25, -0.2) is 4.98 Å². The highest BCUT2D eigenvalue weighted by atomic mass is 16.5. The maximum atomic E-state index is 9.80. The average molecular weight is 398 g/mol. The number of nitriles is 1. The van der Waals surface area contributed by atoms with Crippen molar-refractivity contribution in [1.82, 2.24) is 4.98 Å². The number of pyridine rings is 1. The zero-order valence-electron chi connectivity index (χ0n) is 17.4. The van der Waals surface area contributed by atoms with Gasteiger partial charge in [-0.3, -0.25) is 0 Å². The lowest BCUT2D eigenvalue weighted by Gasteiger charge is -2.27. The van der Waals surface area contributed by atoms with Gasteiger partial charge in [0.15, 0.2) is 0 Å². The molecule has 2 N–H and O–H groups in total. The third-order valence-electron chi connectivity index (χ3n) is 5.89. The number of fused-ring (bicyclic) bond motifs is 1. The summed E-state index contributed by atoms with van der Waals surface area (Å²) in [5, 5.41) is 9.80. The van der Waals surface area contributed by atoms with Crippen molar-refractivity contribution >= 4 is 5.82 Å². The lowest BCUT2D eigenvalue weighted by molar-refractivity contribution is 0.306. The molecule has 4 rings (SSSR count). The molecule has 152 valence electrons. The van der Waals surface area contributed by atoms with Gasteiger partial charge in [-0.1, -0.05) is 62.2 Å². The van der Waals surface area contributed by atoms with Gasteiger partial charge in [-0.05, 0) is 54.0 Å². The van der Waals surface area contributed by atoms with Gasteiger partial charge in [0.05, 0.1) is 0 Å². The molecule has 0 saturated heterocycles. The second-order valence-electron chi connectivity index (χ2n) is 7.98. The predicted molar refractivity (Wildman–Crippen MR) is 120 cm³/mol. The molecule has 1 aliphatic carbocycles. The minimum Gasteiger partial charge on any atom is -0.489 e. The Morgan fingerprint density at radius 2 is 1.90 bits per heavy atom. The summed E-state index contributed by atoms with van der Waals surface area (Å²) < 4.78 is 5.92. The van der Waals surface area contributed by atoms with Crippen LogP contribution in [0.3, 0.4) is 0 Å². The van der Waals surface area contributed by atoms with Gasteiger partial charge >= 0.3 is 0 Å². The van der Waals surface area contributed by atoms with Crippen LogP contribution in [0, 0.1) is 17.2 Å². The van der Waals surface area contributed by atoms with Gasteiger partial charge < -0.3 is 10.5 Å². The standard InChI is InChI=1S/C26H27N3O/c1-2-6-18-9-14-24-22(15-18)25(23(16-27)26(28)29-24)20-10-12-21(13-11-20)30-17-19-7-4-3-5-8-19/h3-5,7-8,10-13,18H,2,6,9,14-15,17H2,1H3,(H2,28,29). The van der Waals surface area contributed by atoms with E-state index < -0.39 is 0 Å². The third kappa shape index (κ3) is 4.16. The summed E-state index contributed by atoms with van der Waals surface area (Å²) in [6.45, 7) is 2.76. The molecule has 0 saturated carbocycles. The van der Waals surface area contributed by atoms with Crippen LogP contribution in [0.2, 0.25) is 0 Å². The molecule has 1 heterocycles. The van der Waals surface area contributed by atoms with Crippen LogP contribution >= 0.6 is 0 Å². The van der Waals surface area contributed by atoms with E-state index in [2.05, 4.69) is 18.0 Å². The van der Waals surface area contributed by atoms with Crippen molar-refractivity contribution in [2.24, 2.45) is 5.92 Å². The molecule has 30 heavy (non-hydrogen) atoms. The number of benzene rings is 2. The van der Waals surface area contributed by atoms with Crippen LogP contribution in [0.4, 0.5) is 5.82 Å². The normalized spacial score (nSPS) is 15.3. The Kier molecular flexibility index (Phi) is 5.99. The lowest BCUT2D eigenvalue weighted by atomic mass is 9.79. The number of aromatic nitrogens is 1. The summed E-state index contributed by atoms with van der Waals surface area (Å²) >= 11 is 0. The van der Waals surface area contributed by atoms with Crippen LogP contribution in [0.5, 0.6) is 5.75 Å². The van der Waals surface area contributed by atoms with Crippen molar-refractivity contribution < 1.29 is 4.74 Å². The number of hydrogen-bond acceptors (Lipinski definition) is 4. The van der Waals surface area contributed by atoms with E-state index >= 15 is 0 Å². The molecule has 0 fully saturated rings. The van der Waals surface area contributed by atoms with Crippen molar-refractivity contribution in [3.8, 4) is 22.9 Å². The average Bonchev–Trinajstić information content (AvgIpc) is 2.78. The molecule has 0 bridgehead atoms. The van der Waals surface area contributed by atoms with Gasteiger partial charge in [0, 0.05) is 11.3 Å². The SMILES string of the molecule is CCCC1CCc2nc(N)c(C#N)c(-c3ccc(OCc4ccccc4)cc3)c2C1. The first-order valence-corrected chi connectivity index (χ1v) is 10.7. The summed E-state index contributed by atoms with van der Waals surface area (Å²) in [6.07, 6.45) is 5.42. The predicted octanol–water partition coefficient (Wildman–Crippen LogP) is 5.69. The van der Waals surface area contributed by atoms with Crippen LogP contribution in [-0.4, -0.2) is 4.98 Å². The first kappa shape index (κ1) is 20.0. The van der Waals surface area contributed by atoms with Crippen LogP contribution in [0.25, 0.3) is 11.1 Å². The molecule has 2 aromatic carbocycles. The van der Waals surface area contributed by atoms with Crippen LogP contribution in [0.1, 0.15) is 48.6 Å². The number of anilines is 1. The van der Waals surface area contributed by atoms with Crippen molar-refractivity contribution in [3.05, 3.63) is 77.0 Å². The molecule has 3 aromatic rings. The zero-order chi connectivity index (χ0) is 20.9. The maximum absolute atomic E-state index is 9.80. The summed E-state index contributed by atoms with van der Waals surface area (Å²) in [5.41, 5.74) is 12.0. The molecule has 1 atom stereocenters. The summed E-state index contributed by atoms with van der Waals surface area (Å²) in [6, 6.07) is 20.4. The summed E-state index contributed by atoms with van der Waals surface area (Å²) in [7, 11) is 0. The summed E-state index contributed by atoms with van der Waals surface area (Å²) in [4.78, 5) is 4.58. The number of ether oxygens (including phenoxy) is 1. The largest absolute Gasteiger partial charge is 0.489 e. The summed E-state index contributed by atoms with van der Waals surface area (Å²) in [5.74, 6) is 1.79. The highest BCUT2D eigenvalue weighted by Crippen LogP contribution is 2.38. The number of hydrogen-bond donors (Lipinski definition) is 1. The van der Waals surface area contributed by atoms with Crippen molar-refractivity contribution in [3.63, 3.8) is 0 Å². The lowest BCUT2D eigenvalue weighted by Crippen LogP contribution is -2.18. The Balaban J connectivity index is 1.64. The number of nitrogens with zero attached hydrogens (tertiary/aromatic N) is 2. The molecular formula is C26H27N3O. The Bertz CT molecular complexity index is 1050. The van der Waals surface area contributed by atoms with Gasteiger partial charge in [0.2, 0.25) is 0 Å². The fourth-order valence-corrected chi connectivity index (χ4v) is 4.40. The maximum Gasteiger partial charge on any atom is 0.142 e. The number of nitrogens with two attached hydrogens (primary N) is 1. The minimum absolute atomic E-state index is 0.338. The first-order chi connectivity index (χ1) is 14.7. The second kappa shape index (κ2) is 9.00. The Hall–Kier alpha value is -3.32. The van der Waals surface area contributed by atoms with E-state index in [-0.39, 0.29) is 0 Å². The second-order valence-corrected chi connectivity index (χ2v) is 7.98. The van der Waals surface area contributed by atoms with Crippen LogP contribution < -0.4 is 10.5 Å². The van der Waals surface area contributed by atoms with E-state index in [1.807, 2.05) is 54.6 Å². The number of aryl methyl sites for hydroxylation is 1. The Labute approximate surface area is 178 Å². The van der Waals surface area contributed by atoms with E-state index in [1.165, 1.54) is 18.4 Å². The highest BCUT2D eigenvalue weighted by Gasteiger charge is 2.26. The van der Waals surface area contributed by atoms with Crippen LogP contribution in [0.15, 0.2) is 54.6 Å². The first-order valence-electron chi connectivity index (χ1n) is 10.7.